The van der Waals surface area contributed by atoms with E-state index in [0.29, 0.717) is 24.4 Å². The van der Waals surface area contributed by atoms with Gasteiger partial charge in [-0.3, -0.25) is 4.68 Å². The number of nitrogens with one attached hydrogen (secondary N) is 1. The Morgan fingerprint density at radius 3 is 2.72 bits per heavy atom. The van der Waals surface area contributed by atoms with Gasteiger partial charge in [0.25, 0.3) is 0 Å². The van der Waals surface area contributed by atoms with Crippen molar-refractivity contribution >= 4 is 38.9 Å². The summed E-state index contributed by atoms with van der Waals surface area (Å²) < 4.78 is 25.0. The molecule has 3 aromatic heterocycles. The topological polar surface area (TPSA) is 110 Å². The molecule has 0 unspecified atom stereocenters. The first-order valence-corrected chi connectivity index (χ1v) is 14.6. The van der Waals surface area contributed by atoms with Crippen LogP contribution in [-0.4, -0.2) is 59.7 Å². The second-order valence-electron chi connectivity index (χ2n) is 11.2. The minimum absolute atomic E-state index is 0.0604. The molecule has 0 aromatic carbocycles. The maximum Gasteiger partial charge on any atom is 0.230 e. The van der Waals surface area contributed by atoms with Crippen molar-refractivity contribution in [2.24, 2.45) is 4.36 Å². The van der Waals surface area contributed by atoms with Gasteiger partial charge < -0.3 is 15.0 Å². The first kappa shape index (κ1) is 23.4. The highest BCUT2D eigenvalue weighted by Crippen LogP contribution is 2.53. The number of rotatable bonds is 5. The van der Waals surface area contributed by atoms with E-state index >= 15 is 0 Å². The number of hydrogen-bond acceptors (Lipinski definition) is 9. The van der Waals surface area contributed by atoms with Gasteiger partial charge in [-0.05, 0) is 45.2 Å². The van der Waals surface area contributed by atoms with Crippen LogP contribution in [0.1, 0.15) is 51.6 Å². The molecule has 0 spiro atoms. The summed E-state index contributed by atoms with van der Waals surface area (Å²) in [5, 5.41) is 7.90. The summed E-state index contributed by atoms with van der Waals surface area (Å²) in [5.41, 5.74) is 0.419. The van der Waals surface area contributed by atoms with Gasteiger partial charge in [-0.2, -0.15) is 14.4 Å². The molecule has 5 heterocycles. The predicted molar refractivity (Wildman–Crippen MR) is 140 cm³/mol. The number of anilines is 4. The van der Waals surface area contributed by atoms with Crippen molar-refractivity contribution in [3.8, 4) is 0 Å². The molecule has 2 fully saturated rings. The molecule has 6 rings (SSSR count). The van der Waals surface area contributed by atoms with Crippen LogP contribution in [0.2, 0.25) is 0 Å². The van der Waals surface area contributed by atoms with E-state index in [4.69, 9.17) is 14.7 Å². The van der Waals surface area contributed by atoms with E-state index < -0.39 is 9.73 Å². The Bertz CT molecular complexity index is 1450. The average Bonchev–Trinajstić information content (AvgIpc) is 3.49. The normalized spacial score (nSPS) is 24.8. The quantitative estimate of drug-likeness (QED) is 0.537. The molecule has 0 bridgehead atoms. The highest BCUT2D eigenvalue weighted by Gasteiger charge is 2.55. The molecule has 0 amide bonds. The van der Waals surface area contributed by atoms with Gasteiger partial charge in [0.15, 0.2) is 11.6 Å². The highest BCUT2D eigenvalue weighted by atomic mass is 32.2. The molecule has 3 aliphatic rings. The molecular weight excluding hydrogens is 476 g/mol. The van der Waals surface area contributed by atoms with Crippen LogP contribution in [-0.2, 0) is 19.9 Å². The van der Waals surface area contributed by atoms with Crippen molar-refractivity contribution in [2.45, 2.75) is 63.1 Å². The first-order valence-electron chi connectivity index (χ1n) is 12.3. The van der Waals surface area contributed by atoms with Gasteiger partial charge >= 0.3 is 0 Å². The molecule has 0 radical (unpaired) electrons. The highest BCUT2D eigenvalue weighted by molar-refractivity contribution is 7.92. The molecule has 190 valence electrons. The van der Waals surface area contributed by atoms with Crippen LogP contribution in [0.5, 0.6) is 0 Å². The van der Waals surface area contributed by atoms with Crippen molar-refractivity contribution < 1.29 is 8.95 Å². The van der Waals surface area contributed by atoms with E-state index in [1.807, 2.05) is 35.3 Å². The number of ether oxygens (including phenoxy) is 1. The maximum absolute atomic E-state index is 12.3. The van der Waals surface area contributed by atoms with Crippen LogP contribution in [0, 0.1) is 0 Å². The Balaban J connectivity index is 1.43. The van der Waals surface area contributed by atoms with E-state index in [0.717, 1.165) is 29.4 Å². The van der Waals surface area contributed by atoms with Crippen molar-refractivity contribution in [3.05, 3.63) is 42.2 Å². The lowest BCUT2D eigenvalue weighted by atomic mass is 9.73. The van der Waals surface area contributed by atoms with Gasteiger partial charge in [0, 0.05) is 51.7 Å². The zero-order valence-corrected chi connectivity index (χ0v) is 22.1. The monoisotopic (exact) mass is 508 g/mol. The summed E-state index contributed by atoms with van der Waals surface area (Å²) in [6.07, 6.45) is 10.3. The fraction of sp³-hybridized carbons (Fsp3) is 0.520. The molecule has 2 aliphatic heterocycles. The maximum atomic E-state index is 12.3. The molecule has 11 heteroatoms. The number of aromatic nitrogens is 5. The van der Waals surface area contributed by atoms with Crippen LogP contribution in [0.4, 0.5) is 29.2 Å². The van der Waals surface area contributed by atoms with Gasteiger partial charge in [-0.25, -0.2) is 14.2 Å². The van der Waals surface area contributed by atoms with Gasteiger partial charge in [-0.15, -0.1) is 0 Å². The summed E-state index contributed by atoms with van der Waals surface area (Å²) in [5.74, 6) is 3.16. The van der Waals surface area contributed by atoms with E-state index in [9.17, 15) is 4.21 Å². The van der Waals surface area contributed by atoms with Crippen molar-refractivity contribution in [3.63, 3.8) is 0 Å². The van der Waals surface area contributed by atoms with Crippen LogP contribution in [0.25, 0.3) is 0 Å². The van der Waals surface area contributed by atoms with Crippen molar-refractivity contribution in [1.82, 2.24) is 24.7 Å². The van der Waals surface area contributed by atoms with Gasteiger partial charge in [0.1, 0.15) is 11.6 Å². The molecule has 3 aromatic rings. The summed E-state index contributed by atoms with van der Waals surface area (Å²) in [6.45, 7) is 6.99. The molecule has 10 nitrogen and oxygen atoms in total. The van der Waals surface area contributed by atoms with E-state index in [2.05, 4.69) is 45.4 Å². The van der Waals surface area contributed by atoms with Gasteiger partial charge in [0.05, 0.1) is 24.3 Å². The van der Waals surface area contributed by atoms with E-state index in [1.165, 1.54) is 12.8 Å². The Morgan fingerprint density at radius 2 is 1.97 bits per heavy atom. The largest absolute Gasteiger partial charge is 0.374 e. The summed E-state index contributed by atoms with van der Waals surface area (Å²) >= 11 is 0. The Kier molecular flexibility index (Phi) is 5.17. The smallest absolute Gasteiger partial charge is 0.230 e. The fourth-order valence-electron chi connectivity index (χ4n) is 5.14. The third-order valence-corrected chi connectivity index (χ3v) is 7.78. The average molecular weight is 509 g/mol. The lowest BCUT2D eigenvalue weighted by Gasteiger charge is -2.46. The minimum atomic E-state index is -2.34. The lowest BCUT2D eigenvalue weighted by molar-refractivity contribution is -0.0893. The standard InChI is InChI=1S/C25H32N8O2S/c1-24(2)13-18-25(3,15-35-24)17-14-26-23(28-19-11-12-32(30-19)16-9-10-16)29-22(17)33(18)21-8-6-7-20(27-21)31-36(4,5)34/h6-8,11-12,14,16,18H,9-10,13,15H2,1-5H3,(H,26,28,29,30)/t18-,25-/m1/s1. The molecule has 1 saturated carbocycles. The molecule has 36 heavy (non-hydrogen) atoms. The van der Waals surface area contributed by atoms with Crippen molar-refractivity contribution in [1.29, 1.82) is 0 Å². The van der Waals surface area contributed by atoms with Crippen molar-refractivity contribution in [2.75, 3.05) is 29.3 Å². The SMILES string of the molecule is CC1(C)C[C@H]2N(c3cccc(N=S(C)(C)=O)n3)c3nc(Nc4ccn(C5CC5)n4)ncc3[C@@]2(C)CO1. The molecule has 2 atom stereocenters. The van der Waals surface area contributed by atoms with Crippen LogP contribution < -0.4 is 10.2 Å². The Hall–Kier alpha value is -3.05. The zero-order valence-electron chi connectivity index (χ0n) is 21.3. The van der Waals surface area contributed by atoms with Crippen LogP contribution in [0.3, 0.4) is 0 Å². The zero-order chi connectivity index (χ0) is 25.3. The second kappa shape index (κ2) is 7.97. The Morgan fingerprint density at radius 1 is 1.17 bits per heavy atom. The number of fused-ring (bicyclic) bond motifs is 3. The first-order chi connectivity index (χ1) is 17.0. The minimum Gasteiger partial charge on any atom is -0.374 e. The molecular formula is C25H32N8O2S. The predicted octanol–water partition coefficient (Wildman–Crippen LogP) is 4.48. The van der Waals surface area contributed by atoms with Crippen LogP contribution in [0.15, 0.2) is 41.0 Å². The lowest BCUT2D eigenvalue weighted by Crippen LogP contribution is -2.54. The van der Waals surface area contributed by atoms with E-state index in [1.54, 1.807) is 18.6 Å². The van der Waals surface area contributed by atoms with Gasteiger partial charge in [-0.1, -0.05) is 13.0 Å². The molecule has 1 N–H and O–H groups in total. The van der Waals surface area contributed by atoms with Crippen LogP contribution >= 0.6 is 0 Å². The van der Waals surface area contributed by atoms with Gasteiger partial charge in [0.2, 0.25) is 5.95 Å². The number of pyridine rings is 1. The Labute approximate surface area is 211 Å². The summed E-state index contributed by atoms with van der Waals surface area (Å²) in [7, 11) is -2.34. The molecule has 1 aliphatic carbocycles. The van der Waals surface area contributed by atoms with E-state index in [-0.39, 0.29) is 17.1 Å². The third-order valence-electron chi connectivity index (χ3n) is 7.16. The third kappa shape index (κ3) is 4.24. The fourth-order valence-corrected chi connectivity index (χ4v) is 5.70. The number of nitrogens with zero attached hydrogens (tertiary/aromatic N) is 7. The summed E-state index contributed by atoms with van der Waals surface area (Å²) in [4.78, 5) is 16.6. The second-order valence-corrected chi connectivity index (χ2v) is 13.7. The molecule has 1 saturated heterocycles. The summed E-state index contributed by atoms with van der Waals surface area (Å²) in [6, 6.07) is 8.15. The number of hydrogen-bond donors (Lipinski definition) is 1.